The second-order valence-electron chi connectivity index (χ2n) is 3.88. The van der Waals surface area contributed by atoms with Crippen LogP contribution in [0.4, 0.5) is 0 Å². The van der Waals surface area contributed by atoms with E-state index in [0.29, 0.717) is 0 Å². The van der Waals surface area contributed by atoms with Crippen molar-refractivity contribution >= 4 is 22.7 Å². The first-order valence-corrected chi connectivity index (χ1v) is 6.69. The van der Waals surface area contributed by atoms with Crippen molar-refractivity contribution in [1.82, 2.24) is 9.97 Å². The molecule has 0 spiro atoms. The lowest BCUT2D eigenvalue weighted by molar-refractivity contribution is 0.253. The SMILES string of the molecule is NC1(c2nc(-c3nccs3)cs2)CCC1. The van der Waals surface area contributed by atoms with Crippen LogP contribution < -0.4 is 5.73 Å². The Balaban J connectivity index is 1.94. The molecule has 2 aromatic rings. The highest BCUT2D eigenvalue weighted by Crippen LogP contribution is 2.41. The van der Waals surface area contributed by atoms with Gasteiger partial charge in [-0.2, -0.15) is 0 Å². The topological polar surface area (TPSA) is 51.8 Å². The second-order valence-corrected chi connectivity index (χ2v) is 5.64. The summed E-state index contributed by atoms with van der Waals surface area (Å²) < 4.78 is 0. The minimum absolute atomic E-state index is 0.139. The summed E-state index contributed by atoms with van der Waals surface area (Å²) in [7, 11) is 0. The van der Waals surface area contributed by atoms with Gasteiger partial charge in [0, 0.05) is 17.0 Å². The fourth-order valence-corrected chi connectivity index (χ4v) is 3.37. The summed E-state index contributed by atoms with van der Waals surface area (Å²) in [5.74, 6) is 0. The smallest absolute Gasteiger partial charge is 0.142 e. The van der Waals surface area contributed by atoms with Crippen LogP contribution in [0.3, 0.4) is 0 Å². The van der Waals surface area contributed by atoms with E-state index in [1.807, 2.05) is 5.38 Å². The molecule has 0 unspecified atom stereocenters. The van der Waals surface area contributed by atoms with E-state index in [9.17, 15) is 0 Å². The van der Waals surface area contributed by atoms with E-state index in [4.69, 9.17) is 5.73 Å². The quantitative estimate of drug-likeness (QED) is 0.873. The van der Waals surface area contributed by atoms with E-state index >= 15 is 0 Å². The maximum Gasteiger partial charge on any atom is 0.142 e. The normalized spacial score (nSPS) is 18.7. The largest absolute Gasteiger partial charge is 0.319 e. The summed E-state index contributed by atoms with van der Waals surface area (Å²) in [6.45, 7) is 0. The molecule has 5 heteroatoms. The molecule has 1 fully saturated rings. The fraction of sp³-hybridized carbons (Fsp3) is 0.400. The van der Waals surface area contributed by atoms with E-state index < -0.39 is 0 Å². The lowest BCUT2D eigenvalue weighted by atomic mass is 9.78. The lowest BCUT2D eigenvalue weighted by Crippen LogP contribution is -2.43. The van der Waals surface area contributed by atoms with Gasteiger partial charge in [-0.15, -0.1) is 22.7 Å². The Labute approximate surface area is 96.0 Å². The van der Waals surface area contributed by atoms with Gasteiger partial charge in [-0.1, -0.05) is 0 Å². The molecule has 1 aliphatic carbocycles. The van der Waals surface area contributed by atoms with Crippen molar-refractivity contribution in [3.8, 4) is 10.7 Å². The number of nitrogens with zero attached hydrogens (tertiary/aromatic N) is 2. The molecule has 2 heterocycles. The number of thiazole rings is 2. The zero-order chi connectivity index (χ0) is 10.3. The minimum Gasteiger partial charge on any atom is -0.319 e. The third kappa shape index (κ3) is 1.51. The van der Waals surface area contributed by atoms with Crippen LogP contribution in [0, 0.1) is 0 Å². The van der Waals surface area contributed by atoms with Gasteiger partial charge in [0.1, 0.15) is 15.7 Å². The molecule has 1 saturated carbocycles. The van der Waals surface area contributed by atoms with Crippen molar-refractivity contribution in [2.45, 2.75) is 24.8 Å². The van der Waals surface area contributed by atoms with Crippen LogP contribution in [0.5, 0.6) is 0 Å². The van der Waals surface area contributed by atoms with E-state index in [-0.39, 0.29) is 5.54 Å². The van der Waals surface area contributed by atoms with Gasteiger partial charge in [0.05, 0.1) is 5.54 Å². The summed E-state index contributed by atoms with van der Waals surface area (Å²) in [4.78, 5) is 8.84. The van der Waals surface area contributed by atoms with Gasteiger partial charge >= 0.3 is 0 Å². The predicted octanol–water partition coefficient (Wildman–Crippen LogP) is 2.60. The minimum atomic E-state index is -0.139. The van der Waals surface area contributed by atoms with E-state index in [1.54, 1.807) is 28.9 Å². The Hall–Kier alpha value is -0.780. The maximum absolute atomic E-state index is 6.22. The number of nitrogens with two attached hydrogens (primary N) is 1. The molecular weight excluding hydrogens is 226 g/mol. The molecular formula is C10H11N3S2. The zero-order valence-electron chi connectivity index (χ0n) is 8.14. The average Bonchev–Trinajstić information content (AvgIpc) is 2.84. The molecule has 0 atom stereocenters. The monoisotopic (exact) mass is 237 g/mol. The first-order valence-electron chi connectivity index (χ1n) is 4.93. The van der Waals surface area contributed by atoms with E-state index in [2.05, 4.69) is 15.3 Å². The molecule has 2 aromatic heterocycles. The number of rotatable bonds is 2. The molecule has 0 amide bonds. The van der Waals surface area contributed by atoms with Crippen LogP contribution in [0.25, 0.3) is 10.7 Å². The molecule has 2 N–H and O–H groups in total. The first kappa shape index (κ1) is 9.45. The highest BCUT2D eigenvalue weighted by molar-refractivity contribution is 7.14. The summed E-state index contributed by atoms with van der Waals surface area (Å²) in [6, 6.07) is 0. The van der Waals surface area contributed by atoms with Gasteiger partial charge in [-0.3, -0.25) is 0 Å². The van der Waals surface area contributed by atoms with Gasteiger partial charge in [0.15, 0.2) is 0 Å². The predicted molar refractivity (Wildman–Crippen MR) is 62.9 cm³/mol. The zero-order valence-corrected chi connectivity index (χ0v) is 9.77. The highest BCUT2D eigenvalue weighted by Gasteiger charge is 2.37. The Bertz CT molecular complexity index is 457. The molecule has 78 valence electrons. The van der Waals surface area contributed by atoms with Crippen LogP contribution in [0.2, 0.25) is 0 Å². The van der Waals surface area contributed by atoms with Gasteiger partial charge in [0.25, 0.3) is 0 Å². The summed E-state index contributed by atoms with van der Waals surface area (Å²) >= 11 is 3.28. The number of aromatic nitrogens is 2. The summed E-state index contributed by atoms with van der Waals surface area (Å²) in [6.07, 6.45) is 5.17. The third-order valence-electron chi connectivity index (χ3n) is 2.83. The second kappa shape index (κ2) is 3.37. The van der Waals surface area contributed by atoms with Gasteiger partial charge in [-0.05, 0) is 19.3 Å². The van der Waals surface area contributed by atoms with E-state index in [0.717, 1.165) is 28.6 Å². The summed E-state index contributed by atoms with van der Waals surface area (Å²) in [5.41, 5.74) is 7.06. The van der Waals surface area contributed by atoms with Crippen molar-refractivity contribution in [1.29, 1.82) is 0 Å². The first-order chi connectivity index (χ1) is 7.28. The fourth-order valence-electron chi connectivity index (χ4n) is 1.72. The van der Waals surface area contributed by atoms with Crippen molar-refractivity contribution in [3.05, 3.63) is 22.0 Å². The Morgan fingerprint density at radius 1 is 1.33 bits per heavy atom. The molecule has 0 bridgehead atoms. The molecule has 1 aliphatic rings. The van der Waals surface area contributed by atoms with Crippen LogP contribution in [0.15, 0.2) is 17.0 Å². The van der Waals surface area contributed by atoms with Crippen molar-refractivity contribution in [3.63, 3.8) is 0 Å². The number of hydrogen-bond acceptors (Lipinski definition) is 5. The summed E-state index contributed by atoms with van der Waals surface area (Å²) in [5, 5.41) is 6.08. The van der Waals surface area contributed by atoms with Gasteiger partial charge in [-0.25, -0.2) is 9.97 Å². The Morgan fingerprint density at radius 3 is 2.80 bits per heavy atom. The van der Waals surface area contributed by atoms with Crippen molar-refractivity contribution in [2.75, 3.05) is 0 Å². The molecule has 15 heavy (non-hydrogen) atoms. The van der Waals surface area contributed by atoms with E-state index in [1.165, 1.54) is 6.42 Å². The molecule has 3 nitrogen and oxygen atoms in total. The van der Waals surface area contributed by atoms with Crippen molar-refractivity contribution in [2.24, 2.45) is 5.73 Å². The molecule has 0 aliphatic heterocycles. The molecule has 0 radical (unpaired) electrons. The van der Waals surface area contributed by atoms with Crippen LogP contribution in [-0.4, -0.2) is 9.97 Å². The Morgan fingerprint density at radius 2 is 2.20 bits per heavy atom. The van der Waals surface area contributed by atoms with Crippen LogP contribution in [0.1, 0.15) is 24.3 Å². The maximum atomic E-state index is 6.22. The van der Waals surface area contributed by atoms with Crippen LogP contribution >= 0.6 is 22.7 Å². The Kier molecular flexibility index (Phi) is 2.12. The van der Waals surface area contributed by atoms with Crippen LogP contribution in [-0.2, 0) is 5.54 Å². The molecule has 0 saturated heterocycles. The highest BCUT2D eigenvalue weighted by atomic mass is 32.1. The van der Waals surface area contributed by atoms with Crippen molar-refractivity contribution < 1.29 is 0 Å². The average molecular weight is 237 g/mol. The van der Waals surface area contributed by atoms with Gasteiger partial charge < -0.3 is 5.73 Å². The molecule has 0 aromatic carbocycles. The number of hydrogen-bond donors (Lipinski definition) is 1. The third-order valence-corrected chi connectivity index (χ3v) is 4.69. The van der Waals surface area contributed by atoms with Gasteiger partial charge in [0.2, 0.25) is 0 Å². The standard InChI is InChI=1S/C10H11N3S2/c11-10(2-1-3-10)9-13-7(6-15-9)8-12-4-5-14-8/h4-6H,1-3,11H2. The molecule has 3 rings (SSSR count). The lowest BCUT2D eigenvalue weighted by Gasteiger charge is -2.35.